The summed E-state index contributed by atoms with van der Waals surface area (Å²) in [4.78, 5) is 1.34. The lowest BCUT2D eigenvalue weighted by Gasteiger charge is -2.14. The molecule has 132 valence electrons. The molecule has 0 unspecified atom stereocenters. The fourth-order valence-electron chi connectivity index (χ4n) is 2.86. The summed E-state index contributed by atoms with van der Waals surface area (Å²) >= 11 is 3.41. The fourth-order valence-corrected chi connectivity index (χ4v) is 4.82. The minimum Gasteiger partial charge on any atom is -0.299 e. The molecule has 2 aromatic heterocycles. The number of rotatable bonds is 6. The van der Waals surface area contributed by atoms with E-state index < -0.39 is 0 Å². The highest BCUT2D eigenvalue weighted by atomic mass is 32.2. The van der Waals surface area contributed by atoms with Gasteiger partial charge in [-0.2, -0.15) is 0 Å². The highest BCUT2D eigenvalue weighted by Gasteiger charge is 2.20. The number of hydrogen-bond acceptors (Lipinski definition) is 4. The number of aromatic nitrogens is 3. The second-order valence-corrected chi connectivity index (χ2v) is 8.25. The second-order valence-electron chi connectivity index (χ2n) is 6.22. The molecular formula is C19H22FN3S2. The average molecular weight is 376 g/mol. The summed E-state index contributed by atoms with van der Waals surface area (Å²) in [7, 11) is 0. The van der Waals surface area contributed by atoms with Crippen LogP contribution in [0.25, 0.3) is 11.4 Å². The van der Waals surface area contributed by atoms with E-state index in [4.69, 9.17) is 0 Å². The molecule has 2 heterocycles. The first-order valence-electron chi connectivity index (χ1n) is 8.40. The Hall–Kier alpha value is -1.66. The summed E-state index contributed by atoms with van der Waals surface area (Å²) in [5.74, 6) is 1.48. The minimum atomic E-state index is -0.207. The van der Waals surface area contributed by atoms with Gasteiger partial charge in [0.15, 0.2) is 11.0 Å². The molecule has 0 saturated heterocycles. The predicted molar refractivity (Wildman–Crippen MR) is 104 cm³/mol. The molecule has 3 rings (SSSR count). The van der Waals surface area contributed by atoms with Gasteiger partial charge in [-0.15, -0.1) is 21.5 Å². The summed E-state index contributed by atoms with van der Waals surface area (Å²) in [6.45, 7) is 8.64. The summed E-state index contributed by atoms with van der Waals surface area (Å²) in [5, 5.41) is 12.0. The van der Waals surface area contributed by atoms with Gasteiger partial charge < -0.3 is 0 Å². The Bertz CT molecular complexity index is 850. The molecule has 0 spiro atoms. The van der Waals surface area contributed by atoms with Crippen LogP contribution in [0.2, 0.25) is 0 Å². The van der Waals surface area contributed by atoms with Gasteiger partial charge in [0, 0.05) is 27.6 Å². The van der Waals surface area contributed by atoms with Gasteiger partial charge in [-0.1, -0.05) is 30.8 Å². The number of benzene rings is 1. The standard InChI is InChI=1S/C19H22FN3S2/c1-5-16-13(4)24-11-17(16)18-21-22-19(23(18)12(2)3)25-10-14-6-8-15(20)9-7-14/h6-9,11-12H,5,10H2,1-4H3. The highest BCUT2D eigenvalue weighted by Crippen LogP contribution is 2.35. The third kappa shape index (κ3) is 3.80. The molecule has 0 fully saturated rings. The molecule has 0 atom stereocenters. The van der Waals surface area contributed by atoms with Gasteiger partial charge in [0.1, 0.15) is 5.82 Å². The second kappa shape index (κ2) is 7.70. The number of thiophene rings is 1. The predicted octanol–water partition coefficient (Wildman–Crippen LogP) is 5.89. The number of nitrogens with zero attached hydrogens (tertiary/aromatic N) is 3. The van der Waals surface area contributed by atoms with Crippen molar-refractivity contribution in [3.63, 3.8) is 0 Å². The van der Waals surface area contributed by atoms with Gasteiger partial charge in [-0.05, 0) is 50.5 Å². The third-order valence-corrected chi connectivity index (χ3v) is 6.13. The van der Waals surface area contributed by atoms with Gasteiger partial charge in [0.05, 0.1) is 0 Å². The summed E-state index contributed by atoms with van der Waals surface area (Å²) in [5.41, 5.74) is 3.63. The molecule has 0 amide bonds. The molecule has 1 aromatic carbocycles. The van der Waals surface area contributed by atoms with Gasteiger partial charge in [-0.25, -0.2) is 4.39 Å². The molecule has 0 aliphatic rings. The topological polar surface area (TPSA) is 30.7 Å². The van der Waals surface area contributed by atoms with E-state index in [-0.39, 0.29) is 11.9 Å². The van der Waals surface area contributed by atoms with Crippen molar-refractivity contribution in [2.45, 2.75) is 51.1 Å². The van der Waals surface area contributed by atoms with Crippen LogP contribution in [0, 0.1) is 12.7 Å². The summed E-state index contributed by atoms with van der Waals surface area (Å²) < 4.78 is 15.3. The van der Waals surface area contributed by atoms with E-state index in [1.54, 1.807) is 23.1 Å². The molecule has 25 heavy (non-hydrogen) atoms. The Morgan fingerprint density at radius 3 is 2.56 bits per heavy atom. The quantitative estimate of drug-likeness (QED) is 0.503. The van der Waals surface area contributed by atoms with Crippen LogP contribution >= 0.6 is 23.1 Å². The Labute approximate surface area is 156 Å². The van der Waals surface area contributed by atoms with Crippen molar-refractivity contribution < 1.29 is 4.39 Å². The van der Waals surface area contributed by atoms with Crippen LogP contribution in [0.4, 0.5) is 4.39 Å². The van der Waals surface area contributed by atoms with Gasteiger partial charge in [-0.3, -0.25) is 4.57 Å². The Kier molecular flexibility index (Phi) is 5.59. The molecule has 0 aliphatic heterocycles. The lowest BCUT2D eigenvalue weighted by molar-refractivity contribution is 0.555. The van der Waals surface area contributed by atoms with Crippen LogP contribution < -0.4 is 0 Å². The van der Waals surface area contributed by atoms with E-state index in [1.165, 1.54) is 28.1 Å². The van der Waals surface area contributed by atoms with Crippen LogP contribution in [-0.2, 0) is 12.2 Å². The van der Waals surface area contributed by atoms with Crippen molar-refractivity contribution in [1.82, 2.24) is 14.8 Å². The summed E-state index contributed by atoms with van der Waals surface area (Å²) in [6.07, 6.45) is 0.994. The normalized spacial score (nSPS) is 11.4. The molecule has 0 N–H and O–H groups in total. The molecule has 6 heteroatoms. The van der Waals surface area contributed by atoms with E-state index in [1.807, 2.05) is 12.1 Å². The van der Waals surface area contributed by atoms with E-state index in [0.29, 0.717) is 0 Å². The average Bonchev–Trinajstić information content (AvgIpc) is 3.17. The zero-order valence-electron chi connectivity index (χ0n) is 14.9. The number of aryl methyl sites for hydroxylation is 1. The minimum absolute atomic E-state index is 0.207. The number of halogens is 1. The monoisotopic (exact) mass is 375 g/mol. The molecule has 0 saturated carbocycles. The van der Waals surface area contributed by atoms with Crippen LogP contribution in [0.15, 0.2) is 34.8 Å². The lowest BCUT2D eigenvalue weighted by Crippen LogP contribution is -2.05. The zero-order valence-corrected chi connectivity index (χ0v) is 16.5. The van der Waals surface area contributed by atoms with Crippen molar-refractivity contribution in [2.75, 3.05) is 0 Å². The molecular weight excluding hydrogens is 353 g/mol. The van der Waals surface area contributed by atoms with Crippen molar-refractivity contribution in [3.05, 3.63) is 51.5 Å². The maximum atomic E-state index is 13.1. The molecule has 3 nitrogen and oxygen atoms in total. The van der Waals surface area contributed by atoms with Crippen LogP contribution in [0.3, 0.4) is 0 Å². The largest absolute Gasteiger partial charge is 0.299 e. The number of hydrogen-bond donors (Lipinski definition) is 0. The van der Waals surface area contributed by atoms with E-state index in [0.717, 1.165) is 28.7 Å². The Balaban J connectivity index is 1.90. The first kappa shape index (κ1) is 18.1. The third-order valence-electron chi connectivity index (χ3n) is 4.16. The van der Waals surface area contributed by atoms with Crippen LogP contribution in [0.1, 0.15) is 42.8 Å². The molecule has 0 bridgehead atoms. The number of thioether (sulfide) groups is 1. The van der Waals surface area contributed by atoms with Crippen molar-refractivity contribution in [1.29, 1.82) is 0 Å². The van der Waals surface area contributed by atoms with E-state index in [9.17, 15) is 4.39 Å². The van der Waals surface area contributed by atoms with Crippen molar-refractivity contribution >= 4 is 23.1 Å². The first-order valence-corrected chi connectivity index (χ1v) is 10.3. The van der Waals surface area contributed by atoms with E-state index >= 15 is 0 Å². The maximum Gasteiger partial charge on any atom is 0.192 e. The lowest BCUT2D eigenvalue weighted by atomic mass is 10.1. The zero-order chi connectivity index (χ0) is 18.0. The summed E-state index contributed by atoms with van der Waals surface area (Å²) in [6, 6.07) is 6.89. The van der Waals surface area contributed by atoms with Gasteiger partial charge >= 0.3 is 0 Å². The molecule has 3 aromatic rings. The smallest absolute Gasteiger partial charge is 0.192 e. The van der Waals surface area contributed by atoms with Gasteiger partial charge in [0.25, 0.3) is 0 Å². The highest BCUT2D eigenvalue weighted by molar-refractivity contribution is 7.98. The SMILES string of the molecule is CCc1c(-c2nnc(SCc3ccc(F)cc3)n2C(C)C)csc1C. The van der Waals surface area contributed by atoms with Crippen molar-refractivity contribution in [3.8, 4) is 11.4 Å². The Morgan fingerprint density at radius 1 is 1.20 bits per heavy atom. The first-order chi connectivity index (χ1) is 12.0. The fraction of sp³-hybridized carbons (Fsp3) is 0.368. The molecule has 0 aliphatic carbocycles. The van der Waals surface area contributed by atoms with Crippen LogP contribution in [-0.4, -0.2) is 14.8 Å². The van der Waals surface area contributed by atoms with E-state index in [2.05, 4.69) is 47.8 Å². The van der Waals surface area contributed by atoms with Crippen molar-refractivity contribution in [2.24, 2.45) is 0 Å². The Morgan fingerprint density at radius 2 is 1.92 bits per heavy atom. The molecule has 0 radical (unpaired) electrons. The maximum absolute atomic E-state index is 13.1. The van der Waals surface area contributed by atoms with Gasteiger partial charge in [0.2, 0.25) is 0 Å². The van der Waals surface area contributed by atoms with Crippen LogP contribution in [0.5, 0.6) is 0 Å².